The van der Waals surface area contributed by atoms with Gasteiger partial charge in [-0.1, -0.05) is 34.5 Å². The molecule has 0 heterocycles. The number of carbonyl (C=O) groups is 1. The predicted molar refractivity (Wildman–Crippen MR) is 62.7 cm³/mol. The van der Waals surface area contributed by atoms with Crippen molar-refractivity contribution in [3.05, 3.63) is 33.3 Å². The lowest BCUT2D eigenvalue weighted by Gasteiger charge is -2.09. The molecule has 0 aromatic heterocycles. The zero-order chi connectivity index (χ0) is 10.7. The molecule has 1 aromatic carbocycles. The van der Waals surface area contributed by atoms with Gasteiger partial charge in [0.1, 0.15) is 5.78 Å². The smallest absolute Gasteiger partial charge is 0.132 e. The third-order valence-electron chi connectivity index (χ3n) is 2.23. The van der Waals surface area contributed by atoms with Gasteiger partial charge in [-0.25, -0.2) is 0 Å². The van der Waals surface area contributed by atoms with E-state index in [2.05, 4.69) is 15.9 Å². The molecule has 0 saturated heterocycles. The Kier molecular flexibility index (Phi) is 4.14. The van der Waals surface area contributed by atoms with Gasteiger partial charge in [0.15, 0.2) is 0 Å². The van der Waals surface area contributed by atoms with Gasteiger partial charge < -0.3 is 0 Å². The molecule has 0 aliphatic heterocycles. The van der Waals surface area contributed by atoms with Crippen molar-refractivity contribution >= 4 is 33.3 Å². The van der Waals surface area contributed by atoms with Crippen LogP contribution in [0.3, 0.4) is 0 Å². The van der Waals surface area contributed by atoms with E-state index in [-0.39, 0.29) is 11.7 Å². The summed E-state index contributed by atoms with van der Waals surface area (Å²) < 4.78 is 1.01. The molecule has 0 spiro atoms. The molecular weight excluding hydrogens is 263 g/mol. The Labute approximate surface area is 97.6 Å². The maximum absolute atomic E-state index is 11.1. The zero-order valence-corrected chi connectivity index (χ0v) is 10.5. The van der Waals surface area contributed by atoms with E-state index in [9.17, 15) is 4.79 Å². The highest BCUT2D eigenvalue weighted by Gasteiger charge is 2.10. The summed E-state index contributed by atoms with van der Waals surface area (Å²) in [7, 11) is 0. The van der Waals surface area contributed by atoms with Gasteiger partial charge in [-0.15, -0.1) is 0 Å². The number of rotatable bonds is 3. The molecule has 0 N–H and O–H groups in total. The molecule has 3 heteroatoms. The highest BCUT2D eigenvalue weighted by Crippen LogP contribution is 2.23. The highest BCUT2D eigenvalue weighted by molar-refractivity contribution is 9.10. The number of halogens is 2. The molecule has 0 amide bonds. The van der Waals surface area contributed by atoms with Gasteiger partial charge in [-0.05, 0) is 37.1 Å². The van der Waals surface area contributed by atoms with E-state index in [0.717, 1.165) is 16.5 Å². The van der Waals surface area contributed by atoms with Crippen LogP contribution in [0.2, 0.25) is 5.02 Å². The normalized spacial score (nSPS) is 12.6. The Hall–Kier alpha value is -0.340. The first-order chi connectivity index (χ1) is 6.50. The Morgan fingerprint density at radius 3 is 2.79 bits per heavy atom. The fourth-order valence-corrected chi connectivity index (χ4v) is 1.78. The lowest BCUT2D eigenvalue weighted by Crippen LogP contribution is -2.09. The van der Waals surface area contributed by atoms with Crippen molar-refractivity contribution in [2.75, 3.05) is 0 Å². The largest absolute Gasteiger partial charge is 0.300 e. The van der Waals surface area contributed by atoms with Crippen molar-refractivity contribution in [2.45, 2.75) is 20.3 Å². The van der Waals surface area contributed by atoms with Crippen LogP contribution in [0.25, 0.3) is 0 Å². The van der Waals surface area contributed by atoms with Crippen LogP contribution in [-0.4, -0.2) is 5.78 Å². The molecule has 1 unspecified atom stereocenters. The molecule has 14 heavy (non-hydrogen) atoms. The van der Waals surface area contributed by atoms with E-state index in [1.807, 2.05) is 25.1 Å². The Bertz CT molecular complexity index is 349. The van der Waals surface area contributed by atoms with Crippen molar-refractivity contribution in [1.29, 1.82) is 0 Å². The first-order valence-corrected chi connectivity index (χ1v) is 5.62. The molecular formula is C11H12BrClO. The van der Waals surface area contributed by atoms with Gasteiger partial charge in [0.25, 0.3) is 0 Å². The SMILES string of the molecule is CC(=O)C(C)Cc1cc(Cl)ccc1Br. The van der Waals surface area contributed by atoms with E-state index in [0.29, 0.717) is 5.02 Å². The first kappa shape index (κ1) is 11.7. The van der Waals surface area contributed by atoms with E-state index in [1.54, 1.807) is 6.92 Å². The second-order valence-electron chi connectivity index (χ2n) is 3.45. The fraction of sp³-hybridized carbons (Fsp3) is 0.364. The van der Waals surface area contributed by atoms with Crippen molar-refractivity contribution in [1.82, 2.24) is 0 Å². The zero-order valence-electron chi connectivity index (χ0n) is 8.18. The van der Waals surface area contributed by atoms with Crippen LogP contribution in [0.15, 0.2) is 22.7 Å². The number of benzene rings is 1. The predicted octanol–water partition coefficient (Wildman–Crippen LogP) is 3.87. The van der Waals surface area contributed by atoms with Gasteiger partial charge in [0.05, 0.1) is 0 Å². The van der Waals surface area contributed by atoms with Crippen LogP contribution >= 0.6 is 27.5 Å². The molecule has 1 rings (SSSR count). The topological polar surface area (TPSA) is 17.1 Å². The molecule has 76 valence electrons. The number of hydrogen-bond acceptors (Lipinski definition) is 1. The van der Waals surface area contributed by atoms with Crippen molar-refractivity contribution in [2.24, 2.45) is 5.92 Å². The van der Waals surface area contributed by atoms with E-state index >= 15 is 0 Å². The molecule has 0 bridgehead atoms. The van der Waals surface area contributed by atoms with Crippen molar-refractivity contribution in [3.8, 4) is 0 Å². The van der Waals surface area contributed by atoms with Gasteiger partial charge in [0, 0.05) is 15.4 Å². The molecule has 0 saturated carbocycles. The standard InChI is InChI=1S/C11H12BrClO/c1-7(8(2)14)5-9-6-10(13)3-4-11(9)12/h3-4,6-7H,5H2,1-2H3. The van der Waals surface area contributed by atoms with E-state index in [1.165, 1.54) is 0 Å². The van der Waals surface area contributed by atoms with Crippen LogP contribution in [0.5, 0.6) is 0 Å². The summed E-state index contributed by atoms with van der Waals surface area (Å²) in [5, 5.41) is 0.707. The minimum atomic E-state index is 0.0461. The highest BCUT2D eigenvalue weighted by atomic mass is 79.9. The maximum atomic E-state index is 11.1. The molecule has 1 atom stereocenters. The van der Waals surface area contributed by atoms with Gasteiger partial charge >= 0.3 is 0 Å². The summed E-state index contributed by atoms with van der Waals surface area (Å²) in [6.45, 7) is 3.54. The van der Waals surface area contributed by atoms with Crippen LogP contribution in [0, 0.1) is 5.92 Å². The third kappa shape index (κ3) is 3.10. The Balaban J connectivity index is 2.85. The molecule has 0 fully saturated rings. The lowest BCUT2D eigenvalue weighted by molar-refractivity contribution is -0.120. The fourth-order valence-electron chi connectivity index (χ4n) is 1.17. The summed E-state index contributed by atoms with van der Waals surface area (Å²) in [4.78, 5) is 11.1. The third-order valence-corrected chi connectivity index (χ3v) is 3.24. The number of ketones is 1. The van der Waals surface area contributed by atoms with E-state index < -0.39 is 0 Å². The molecule has 1 aromatic rings. The van der Waals surface area contributed by atoms with Crippen molar-refractivity contribution in [3.63, 3.8) is 0 Å². The summed E-state index contributed by atoms with van der Waals surface area (Å²) in [5.74, 6) is 0.252. The summed E-state index contributed by atoms with van der Waals surface area (Å²) in [5.41, 5.74) is 1.08. The molecule has 0 radical (unpaired) electrons. The first-order valence-electron chi connectivity index (χ1n) is 4.45. The van der Waals surface area contributed by atoms with Crippen molar-refractivity contribution < 1.29 is 4.79 Å². The minimum absolute atomic E-state index is 0.0461. The lowest BCUT2D eigenvalue weighted by atomic mass is 9.98. The van der Waals surface area contributed by atoms with E-state index in [4.69, 9.17) is 11.6 Å². The second kappa shape index (κ2) is 4.94. The average Bonchev–Trinajstić information content (AvgIpc) is 2.11. The van der Waals surface area contributed by atoms with Crippen LogP contribution in [0.1, 0.15) is 19.4 Å². The monoisotopic (exact) mass is 274 g/mol. The van der Waals surface area contributed by atoms with Gasteiger partial charge in [-0.2, -0.15) is 0 Å². The Morgan fingerprint density at radius 1 is 1.57 bits per heavy atom. The summed E-state index contributed by atoms with van der Waals surface area (Å²) in [6, 6.07) is 5.63. The summed E-state index contributed by atoms with van der Waals surface area (Å²) >= 11 is 9.31. The average molecular weight is 276 g/mol. The number of Topliss-reactive ketones (excluding diaryl/α,β-unsaturated/α-hetero) is 1. The quantitative estimate of drug-likeness (QED) is 0.818. The molecule has 0 aliphatic rings. The van der Waals surface area contributed by atoms with Gasteiger partial charge in [-0.3, -0.25) is 4.79 Å². The summed E-state index contributed by atoms with van der Waals surface area (Å²) in [6.07, 6.45) is 0.733. The van der Waals surface area contributed by atoms with Crippen LogP contribution in [-0.2, 0) is 11.2 Å². The Morgan fingerprint density at radius 2 is 2.21 bits per heavy atom. The van der Waals surface area contributed by atoms with Gasteiger partial charge in [0.2, 0.25) is 0 Å². The molecule has 0 aliphatic carbocycles. The second-order valence-corrected chi connectivity index (χ2v) is 4.74. The maximum Gasteiger partial charge on any atom is 0.132 e. The minimum Gasteiger partial charge on any atom is -0.300 e. The van der Waals surface area contributed by atoms with Crippen LogP contribution in [0.4, 0.5) is 0 Å². The molecule has 1 nitrogen and oxygen atoms in total. The van der Waals surface area contributed by atoms with Crippen LogP contribution < -0.4 is 0 Å². The number of hydrogen-bond donors (Lipinski definition) is 0. The number of carbonyl (C=O) groups excluding carboxylic acids is 1.